The molecule has 0 aromatic heterocycles. The molecule has 2 rings (SSSR count). The molecule has 2 unspecified atom stereocenters. The van der Waals surface area contributed by atoms with Crippen molar-refractivity contribution in [2.45, 2.75) is 52.6 Å². The van der Waals surface area contributed by atoms with Gasteiger partial charge in [0.15, 0.2) is 0 Å². The van der Waals surface area contributed by atoms with Crippen molar-refractivity contribution in [3.8, 4) is 0 Å². The Morgan fingerprint density at radius 1 is 1.29 bits per heavy atom. The van der Waals surface area contributed by atoms with Crippen molar-refractivity contribution < 1.29 is 14.7 Å². The number of hydrogen-bond acceptors (Lipinski definition) is 2. The van der Waals surface area contributed by atoms with E-state index in [9.17, 15) is 14.7 Å². The molecule has 0 bridgehead atoms. The summed E-state index contributed by atoms with van der Waals surface area (Å²) in [5, 5.41) is 9.51. The van der Waals surface area contributed by atoms with Gasteiger partial charge in [-0.15, -0.1) is 0 Å². The minimum absolute atomic E-state index is 0.0740. The molecule has 0 aliphatic carbocycles. The van der Waals surface area contributed by atoms with Crippen molar-refractivity contribution in [3.63, 3.8) is 0 Å². The van der Waals surface area contributed by atoms with Gasteiger partial charge in [-0.05, 0) is 45.7 Å². The standard InChI is InChI=1S/C17H23NO3/c1-10-6-7-12(11(2)8-10)15-13(16(20)21)9-14(19)18(15)17(3,4)5/h6-8,13,15H,9H2,1-5H3,(H,20,21). The van der Waals surface area contributed by atoms with Gasteiger partial charge >= 0.3 is 5.97 Å². The quantitative estimate of drug-likeness (QED) is 0.910. The Labute approximate surface area is 125 Å². The number of benzene rings is 1. The minimum Gasteiger partial charge on any atom is -0.481 e. The summed E-state index contributed by atoms with van der Waals surface area (Å²) in [6, 6.07) is 5.58. The number of carbonyl (C=O) groups is 2. The number of carbonyl (C=O) groups excluding carboxylic acids is 1. The Balaban J connectivity index is 2.57. The van der Waals surface area contributed by atoms with E-state index in [0.717, 1.165) is 16.7 Å². The van der Waals surface area contributed by atoms with Gasteiger partial charge in [-0.1, -0.05) is 23.8 Å². The van der Waals surface area contributed by atoms with Crippen molar-refractivity contribution in [3.05, 3.63) is 34.9 Å². The first kappa shape index (κ1) is 15.5. The lowest BCUT2D eigenvalue weighted by molar-refractivity contribution is -0.142. The van der Waals surface area contributed by atoms with Crippen LogP contribution in [-0.4, -0.2) is 27.4 Å². The van der Waals surface area contributed by atoms with E-state index in [-0.39, 0.29) is 12.3 Å². The molecule has 1 N–H and O–H groups in total. The zero-order valence-electron chi connectivity index (χ0n) is 13.3. The summed E-state index contributed by atoms with van der Waals surface area (Å²) in [6.07, 6.45) is 0.0740. The van der Waals surface area contributed by atoms with Crippen molar-refractivity contribution in [1.82, 2.24) is 4.90 Å². The van der Waals surface area contributed by atoms with Gasteiger partial charge in [0.25, 0.3) is 0 Å². The number of carboxylic acids is 1. The third-order valence-corrected chi connectivity index (χ3v) is 4.11. The number of nitrogens with zero attached hydrogens (tertiary/aromatic N) is 1. The maximum Gasteiger partial charge on any atom is 0.309 e. The number of aryl methyl sites for hydroxylation is 2. The molecule has 114 valence electrons. The second kappa shape index (κ2) is 5.17. The summed E-state index contributed by atoms with van der Waals surface area (Å²) >= 11 is 0. The molecule has 1 saturated heterocycles. The molecule has 0 saturated carbocycles. The van der Waals surface area contributed by atoms with Crippen LogP contribution in [0.2, 0.25) is 0 Å². The Morgan fingerprint density at radius 3 is 2.38 bits per heavy atom. The van der Waals surface area contributed by atoms with E-state index in [0.29, 0.717) is 0 Å². The summed E-state index contributed by atoms with van der Waals surface area (Å²) < 4.78 is 0. The van der Waals surface area contributed by atoms with Gasteiger partial charge in [-0.3, -0.25) is 9.59 Å². The second-order valence-corrected chi connectivity index (χ2v) is 6.89. The predicted molar refractivity (Wildman–Crippen MR) is 81.0 cm³/mol. The fourth-order valence-corrected chi connectivity index (χ4v) is 3.26. The maximum absolute atomic E-state index is 12.4. The summed E-state index contributed by atoms with van der Waals surface area (Å²) in [4.78, 5) is 25.7. The molecule has 1 aliphatic rings. The zero-order valence-corrected chi connectivity index (χ0v) is 13.3. The number of aliphatic carboxylic acids is 1. The molecule has 1 aromatic carbocycles. The average Bonchev–Trinajstić information content (AvgIpc) is 2.66. The Morgan fingerprint density at radius 2 is 1.90 bits per heavy atom. The molecular weight excluding hydrogens is 266 g/mol. The van der Waals surface area contributed by atoms with Crippen molar-refractivity contribution >= 4 is 11.9 Å². The molecule has 1 aliphatic heterocycles. The lowest BCUT2D eigenvalue weighted by Gasteiger charge is -2.39. The fourth-order valence-electron chi connectivity index (χ4n) is 3.26. The van der Waals surface area contributed by atoms with Gasteiger partial charge in [-0.25, -0.2) is 0 Å². The van der Waals surface area contributed by atoms with E-state index in [4.69, 9.17) is 0 Å². The van der Waals surface area contributed by atoms with Gasteiger partial charge in [0.2, 0.25) is 5.91 Å². The minimum atomic E-state index is -0.903. The predicted octanol–water partition coefficient (Wildman–Crippen LogP) is 3.08. The third-order valence-electron chi connectivity index (χ3n) is 4.11. The highest BCUT2D eigenvalue weighted by molar-refractivity contribution is 5.88. The first-order valence-corrected chi connectivity index (χ1v) is 7.25. The Hall–Kier alpha value is -1.84. The highest BCUT2D eigenvalue weighted by Gasteiger charge is 2.48. The van der Waals surface area contributed by atoms with Crippen LogP contribution in [0.25, 0.3) is 0 Å². The molecule has 0 spiro atoms. The van der Waals surface area contributed by atoms with E-state index in [1.165, 1.54) is 0 Å². The maximum atomic E-state index is 12.4. The lowest BCUT2D eigenvalue weighted by Crippen LogP contribution is -2.44. The molecular formula is C17H23NO3. The van der Waals surface area contributed by atoms with E-state index >= 15 is 0 Å². The first-order chi connectivity index (χ1) is 9.62. The van der Waals surface area contributed by atoms with Gasteiger partial charge < -0.3 is 10.0 Å². The molecule has 2 atom stereocenters. The van der Waals surface area contributed by atoms with Crippen LogP contribution in [0.5, 0.6) is 0 Å². The van der Waals surface area contributed by atoms with Crippen LogP contribution in [0.3, 0.4) is 0 Å². The molecule has 0 radical (unpaired) electrons. The van der Waals surface area contributed by atoms with Gasteiger partial charge in [-0.2, -0.15) is 0 Å². The van der Waals surface area contributed by atoms with Crippen LogP contribution < -0.4 is 0 Å². The van der Waals surface area contributed by atoms with E-state index in [1.807, 2.05) is 52.8 Å². The number of likely N-dealkylation sites (tertiary alicyclic amines) is 1. The van der Waals surface area contributed by atoms with Crippen molar-refractivity contribution in [2.24, 2.45) is 5.92 Å². The highest BCUT2D eigenvalue weighted by Crippen LogP contribution is 2.43. The molecule has 1 aromatic rings. The van der Waals surface area contributed by atoms with Crippen LogP contribution in [0, 0.1) is 19.8 Å². The van der Waals surface area contributed by atoms with E-state index < -0.39 is 23.5 Å². The zero-order chi connectivity index (χ0) is 15.9. The van der Waals surface area contributed by atoms with Crippen LogP contribution in [0.4, 0.5) is 0 Å². The monoisotopic (exact) mass is 289 g/mol. The largest absolute Gasteiger partial charge is 0.481 e. The topological polar surface area (TPSA) is 57.6 Å². The second-order valence-electron chi connectivity index (χ2n) is 6.89. The molecule has 4 heteroatoms. The van der Waals surface area contributed by atoms with Crippen molar-refractivity contribution in [1.29, 1.82) is 0 Å². The number of rotatable bonds is 2. The van der Waals surface area contributed by atoms with E-state index in [1.54, 1.807) is 4.90 Å². The normalized spacial score (nSPS) is 22.7. The summed E-state index contributed by atoms with van der Waals surface area (Å²) in [5.41, 5.74) is 2.71. The lowest BCUT2D eigenvalue weighted by atomic mass is 9.88. The smallest absolute Gasteiger partial charge is 0.309 e. The Bertz CT molecular complexity index is 586. The summed E-state index contributed by atoms with van der Waals surface area (Å²) in [6.45, 7) is 9.83. The Kier molecular flexibility index (Phi) is 3.83. The van der Waals surface area contributed by atoms with Gasteiger partial charge in [0.05, 0.1) is 12.0 Å². The SMILES string of the molecule is Cc1ccc(C2C(C(=O)O)CC(=O)N2C(C)(C)C)c(C)c1. The van der Waals surface area contributed by atoms with Crippen LogP contribution in [-0.2, 0) is 9.59 Å². The molecule has 1 fully saturated rings. The first-order valence-electron chi connectivity index (χ1n) is 7.25. The van der Waals surface area contributed by atoms with Crippen LogP contribution in [0.15, 0.2) is 18.2 Å². The molecule has 1 heterocycles. The summed E-state index contributed by atoms with van der Waals surface area (Å²) in [5.74, 6) is -1.67. The van der Waals surface area contributed by atoms with E-state index in [2.05, 4.69) is 0 Å². The number of amides is 1. The van der Waals surface area contributed by atoms with Crippen molar-refractivity contribution in [2.75, 3.05) is 0 Å². The summed E-state index contributed by atoms with van der Waals surface area (Å²) in [7, 11) is 0. The van der Waals surface area contributed by atoms with Crippen LogP contribution in [0.1, 0.15) is 49.9 Å². The average molecular weight is 289 g/mol. The van der Waals surface area contributed by atoms with Gasteiger partial charge in [0, 0.05) is 12.0 Å². The highest BCUT2D eigenvalue weighted by atomic mass is 16.4. The van der Waals surface area contributed by atoms with Crippen LogP contribution >= 0.6 is 0 Å². The number of hydrogen-bond donors (Lipinski definition) is 1. The third kappa shape index (κ3) is 2.80. The molecule has 1 amide bonds. The number of carboxylic acid groups (broad SMARTS) is 1. The fraction of sp³-hybridized carbons (Fsp3) is 0.529. The molecule has 21 heavy (non-hydrogen) atoms. The molecule has 4 nitrogen and oxygen atoms in total. The van der Waals surface area contributed by atoms with Gasteiger partial charge in [0.1, 0.15) is 0 Å².